The van der Waals surface area contributed by atoms with Crippen molar-refractivity contribution in [2.45, 2.75) is 6.42 Å². The Morgan fingerprint density at radius 2 is 2.23 bits per heavy atom. The summed E-state index contributed by atoms with van der Waals surface area (Å²) in [6.07, 6.45) is 2.12. The van der Waals surface area contributed by atoms with Crippen molar-refractivity contribution < 1.29 is 9.59 Å². The molecular weight excluding hydrogens is 441 g/mol. The van der Waals surface area contributed by atoms with Gasteiger partial charge in [0.05, 0.1) is 9.08 Å². The molecule has 120 valence electrons. The molecule has 10 heteroatoms. The van der Waals surface area contributed by atoms with Crippen LogP contribution in [-0.2, 0) is 11.8 Å². The van der Waals surface area contributed by atoms with Gasteiger partial charge in [0.25, 0.3) is 11.8 Å². The summed E-state index contributed by atoms with van der Waals surface area (Å²) in [6, 6.07) is 1.73. The highest BCUT2D eigenvalue weighted by Crippen LogP contribution is 2.26. The monoisotopic (exact) mass is 453 g/mol. The van der Waals surface area contributed by atoms with E-state index < -0.39 is 0 Å². The molecule has 0 spiro atoms. The molecule has 0 radical (unpaired) electrons. The van der Waals surface area contributed by atoms with Gasteiger partial charge < -0.3 is 15.6 Å². The van der Waals surface area contributed by atoms with Crippen LogP contribution in [0, 0.1) is 0 Å². The molecule has 2 amide bonds. The van der Waals surface area contributed by atoms with Gasteiger partial charge in [-0.1, -0.05) is 6.08 Å². The number of halogens is 3. The van der Waals surface area contributed by atoms with Gasteiger partial charge in [0.2, 0.25) is 5.96 Å². The van der Waals surface area contributed by atoms with Crippen LogP contribution in [0.15, 0.2) is 31.9 Å². The van der Waals surface area contributed by atoms with E-state index in [1.807, 2.05) is 0 Å². The second-order valence-electron chi connectivity index (χ2n) is 4.31. The Morgan fingerprint density at radius 3 is 2.73 bits per heavy atom. The van der Waals surface area contributed by atoms with Crippen LogP contribution in [0.3, 0.4) is 0 Å². The van der Waals surface area contributed by atoms with E-state index in [-0.39, 0.29) is 35.9 Å². The highest BCUT2D eigenvalue weighted by Gasteiger charge is 2.17. The third kappa shape index (κ3) is 4.11. The molecule has 0 fully saturated rings. The fourth-order valence-electron chi connectivity index (χ4n) is 1.77. The van der Waals surface area contributed by atoms with Crippen LogP contribution in [0.4, 0.5) is 0 Å². The highest BCUT2D eigenvalue weighted by molar-refractivity contribution is 9.13. The first kappa shape index (κ1) is 18.7. The summed E-state index contributed by atoms with van der Waals surface area (Å²) in [5.74, 6) is -0.427. The smallest absolute Gasteiger partial charge is 0.276 e. The minimum atomic E-state index is -0.325. The Balaban J connectivity index is 0.00000242. The second-order valence-corrected chi connectivity index (χ2v) is 5.92. The van der Waals surface area contributed by atoms with Gasteiger partial charge in [0.15, 0.2) is 0 Å². The Labute approximate surface area is 150 Å². The van der Waals surface area contributed by atoms with E-state index in [1.165, 1.54) is 0 Å². The first-order chi connectivity index (χ1) is 9.90. The number of rotatable bonds is 4. The maximum atomic E-state index is 12.0. The molecule has 0 aromatic carbocycles. The molecular formula is C12H14Br2ClN5O2. The average molecular weight is 456 g/mol. The van der Waals surface area contributed by atoms with Gasteiger partial charge >= 0.3 is 0 Å². The van der Waals surface area contributed by atoms with Gasteiger partial charge in [-0.3, -0.25) is 14.9 Å². The molecule has 1 aromatic rings. The zero-order valence-corrected chi connectivity index (χ0v) is 15.5. The minimum absolute atomic E-state index is 0. The van der Waals surface area contributed by atoms with Crippen molar-refractivity contribution in [3.05, 3.63) is 32.6 Å². The van der Waals surface area contributed by atoms with E-state index in [2.05, 4.69) is 47.5 Å². The van der Waals surface area contributed by atoms with Crippen molar-refractivity contribution in [1.82, 2.24) is 15.2 Å². The Kier molecular flexibility index (Phi) is 6.64. The van der Waals surface area contributed by atoms with Crippen molar-refractivity contribution in [3.8, 4) is 0 Å². The summed E-state index contributed by atoms with van der Waals surface area (Å²) in [4.78, 5) is 27.2. The lowest BCUT2D eigenvalue weighted by Gasteiger charge is -2.05. The van der Waals surface area contributed by atoms with Gasteiger partial charge in [-0.25, -0.2) is 4.99 Å². The zero-order chi connectivity index (χ0) is 15.6. The molecule has 2 rings (SSSR count). The molecule has 22 heavy (non-hydrogen) atoms. The summed E-state index contributed by atoms with van der Waals surface area (Å²) in [6.45, 7) is 0.394. The van der Waals surface area contributed by atoms with Crippen LogP contribution >= 0.6 is 44.3 Å². The summed E-state index contributed by atoms with van der Waals surface area (Å²) >= 11 is 6.71. The third-order valence-corrected chi connectivity index (χ3v) is 4.93. The number of aromatic nitrogens is 1. The van der Waals surface area contributed by atoms with E-state index in [0.29, 0.717) is 18.7 Å². The van der Waals surface area contributed by atoms with E-state index in [1.54, 1.807) is 23.8 Å². The van der Waals surface area contributed by atoms with E-state index in [9.17, 15) is 9.59 Å². The van der Waals surface area contributed by atoms with Crippen LogP contribution in [0.1, 0.15) is 16.9 Å². The number of nitrogens with one attached hydrogen (secondary N) is 2. The second kappa shape index (κ2) is 7.80. The SMILES string of the molecule is Cl.Cn1c(C(=O)NCCC=C2N=C(N)NC2=O)cc(Br)c1Br. The lowest BCUT2D eigenvalue weighted by atomic mass is 10.3. The maximum absolute atomic E-state index is 12.0. The Hall–Kier alpha value is -1.32. The molecule has 0 bridgehead atoms. The molecule has 0 atom stereocenters. The molecule has 1 aliphatic rings. The van der Waals surface area contributed by atoms with Crippen LogP contribution in [0.2, 0.25) is 0 Å². The van der Waals surface area contributed by atoms with Gasteiger partial charge in [-0.05, 0) is 44.3 Å². The van der Waals surface area contributed by atoms with Crippen molar-refractivity contribution >= 4 is 62.0 Å². The normalized spacial score (nSPS) is 15.3. The van der Waals surface area contributed by atoms with E-state index >= 15 is 0 Å². The molecule has 1 aromatic heterocycles. The van der Waals surface area contributed by atoms with Gasteiger partial charge in [0.1, 0.15) is 11.4 Å². The summed E-state index contributed by atoms with van der Waals surface area (Å²) < 4.78 is 3.33. The predicted octanol–water partition coefficient (Wildman–Crippen LogP) is 1.42. The number of hydrogen-bond donors (Lipinski definition) is 3. The maximum Gasteiger partial charge on any atom is 0.276 e. The van der Waals surface area contributed by atoms with Crippen LogP contribution in [0.25, 0.3) is 0 Å². The minimum Gasteiger partial charge on any atom is -0.369 e. The first-order valence-corrected chi connectivity index (χ1v) is 7.63. The number of amides is 2. The van der Waals surface area contributed by atoms with Gasteiger partial charge in [-0.2, -0.15) is 0 Å². The quantitative estimate of drug-likeness (QED) is 0.473. The van der Waals surface area contributed by atoms with Gasteiger partial charge in [0, 0.05) is 13.6 Å². The fraction of sp³-hybridized carbons (Fsp3) is 0.250. The standard InChI is InChI=1S/C12H13Br2N5O2.ClH/c1-19-8(5-6(13)9(19)14)11(21)16-4-2-3-7-10(20)18-12(15)17-7;/h3,5H,2,4H2,1H3,(H,16,21)(H3,15,17,18,20);1H. The molecule has 0 unspecified atom stereocenters. The number of hydrogen-bond acceptors (Lipinski definition) is 4. The van der Waals surface area contributed by atoms with Crippen LogP contribution < -0.4 is 16.4 Å². The van der Waals surface area contributed by atoms with Crippen molar-refractivity contribution in [3.63, 3.8) is 0 Å². The van der Waals surface area contributed by atoms with Crippen molar-refractivity contribution in [2.24, 2.45) is 17.8 Å². The van der Waals surface area contributed by atoms with Crippen LogP contribution in [-0.4, -0.2) is 28.9 Å². The number of guanidine groups is 1. The number of aliphatic imine (C=N–C) groups is 1. The summed E-state index contributed by atoms with van der Waals surface area (Å²) in [7, 11) is 1.78. The molecule has 2 heterocycles. The third-order valence-electron chi connectivity index (χ3n) is 2.83. The number of carbonyl (C=O) groups excluding carboxylic acids is 2. The number of nitrogens with two attached hydrogens (primary N) is 1. The topological polar surface area (TPSA) is 102 Å². The van der Waals surface area contributed by atoms with Crippen molar-refractivity contribution in [1.29, 1.82) is 0 Å². The molecule has 0 saturated carbocycles. The molecule has 0 saturated heterocycles. The van der Waals surface area contributed by atoms with E-state index in [4.69, 9.17) is 5.73 Å². The Bertz CT molecular complexity index is 669. The lowest BCUT2D eigenvalue weighted by Crippen LogP contribution is -2.30. The van der Waals surface area contributed by atoms with E-state index in [0.717, 1.165) is 9.08 Å². The largest absolute Gasteiger partial charge is 0.369 e. The van der Waals surface area contributed by atoms with Crippen molar-refractivity contribution in [2.75, 3.05) is 6.54 Å². The summed E-state index contributed by atoms with van der Waals surface area (Å²) in [5, 5.41) is 5.15. The summed E-state index contributed by atoms with van der Waals surface area (Å²) in [5.41, 5.74) is 6.17. The lowest BCUT2D eigenvalue weighted by molar-refractivity contribution is -0.115. The molecule has 4 N–H and O–H groups in total. The van der Waals surface area contributed by atoms with Gasteiger partial charge in [-0.15, -0.1) is 12.4 Å². The molecule has 1 aliphatic heterocycles. The predicted molar refractivity (Wildman–Crippen MR) is 92.9 cm³/mol. The molecule has 0 aliphatic carbocycles. The average Bonchev–Trinajstić information content (AvgIpc) is 2.88. The molecule has 7 nitrogen and oxygen atoms in total. The number of nitrogens with zero attached hydrogens (tertiary/aromatic N) is 2. The number of carbonyl (C=O) groups is 2. The fourth-order valence-corrected chi connectivity index (χ4v) is 2.56. The van der Waals surface area contributed by atoms with Crippen LogP contribution in [0.5, 0.6) is 0 Å². The highest BCUT2D eigenvalue weighted by atomic mass is 79.9. The first-order valence-electron chi connectivity index (χ1n) is 6.04. The Morgan fingerprint density at radius 1 is 1.55 bits per heavy atom. The zero-order valence-electron chi connectivity index (χ0n) is 11.5.